The third kappa shape index (κ3) is 5.07. The molecule has 1 aliphatic heterocycles. The number of anilines is 3. The smallest absolute Gasteiger partial charge is 0.321 e. The van der Waals surface area contributed by atoms with Crippen molar-refractivity contribution in [2.75, 3.05) is 42.1 Å². The molecule has 0 radical (unpaired) electrons. The molecule has 8 nitrogen and oxygen atoms in total. The van der Waals surface area contributed by atoms with E-state index in [-0.39, 0.29) is 12.0 Å². The van der Waals surface area contributed by atoms with Crippen LogP contribution in [0.2, 0.25) is 0 Å². The van der Waals surface area contributed by atoms with Crippen LogP contribution in [-0.2, 0) is 6.42 Å². The van der Waals surface area contributed by atoms with Crippen molar-refractivity contribution in [3.63, 3.8) is 0 Å². The van der Waals surface area contributed by atoms with E-state index in [1.165, 1.54) is 12.8 Å². The zero-order valence-electron chi connectivity index (χ0n) is 18.8. The van der Waals surface area contributed by atoms with Crippen molar-refractivity contribution in [2.24, 2.45) is 0 Å². The number of fused-ring (bicyclic) bond motifs is 1. The monoisotopic (exact) mass is 433 g/mol. The zero-order valence-corrected chi connectivity index (χ0v) is 18.8. The molecule has 168 valence electrons. The molecule has 0 atom stereocenters. The third-order valence-electron chi connectivity index (χ3n) is 5.77. The molecule has 1 aliphatic rings. The maximum atomic E-state index is 12.7. The van der Waals surface area contributed by atoms with Crippen LogP contribution in [0.5, 0.6) is 0 Å². The van der Waals surface area contributed by atoms with Gasteiger partial charge in [-0.2, -0.15) is 4.98 Å². The Kier molecular flexibility index (Phi) is 6.68. The molecule has 8 heteroatoms. The summed E-state index contributed by atoms with van der Waals surface area (Å²) in [4.78, 5) is 30.4. The Hall–Kier alpha value is -3.42. The highest BCUT2D eigenvalue weighted by Gasteiger charge is 2.24. The summed E-state index contributed by atoms with van der Waals surface area (Å²) < 4.78 is 0. The Morgan fingerprint density at radius 2 is 1.88 bits per heavy atom. The van der Waals surface area contributed by atoms with Crippen LogP contribution < -0.4 is 16.0 Å². The summed E-state index contributed by atoms with van der Waals surface area (Å²) in [6.07, 6.45) is 4.44. The first-order chi connectivity index (χ1) is 15.5. The lowest BCUT2D eigenvalue weighted by molar-refractivity contribution is 0.208. The standard InChI is InChI=1S/C24H31N7O/c1-3-4-5-8-18-10-11-20-21(26-18)22(29-23(25)28-20)30-12-14-31(15-13-30)24(32)27-19-9-6-7-17(2)16-19/h6-7,9-11,16H,3-5,8,12-15H2,1-2H3,(H,27,32)(H2,25,28,29). The van der Waals surface area contributed by atoms with Crippen molar-refractivity contribution in [3.05, 3.63) is 47.7 Å². The fourth-order valence-corrected chi connectivity index (χ4v) is 4.02. The van der Waals surface area contributed by atoms with Gasteiger partial charge in [-0.15, -0.1) is 0 Å². The van der Waals surface area contributed by atoms with Crippen LogP contribution in [0.4, 0.5) is 22.2 Å². The topological polar surface area (TPSA) is 100 Å². The van der Waals surface area contributed by atoms with E-state index in [9.17, 15) is 4.79 Å². The first-order valence-corrected chi connectivity index (χ1v) is 11.3. The van der Waals surface area contributed by atoms with E-state index in [2.05, 4.69) is 27.1 Å². The molecule has 0 saturated carbocycles. The van der Waals surface area contributed by atoms with Gasteiger partial charge in [-0.1, -0.05) is 31.9 Å². The van der Waals surface area contributed by atoms with Gasteiger partial charge in [0.05, 0.1) is 5.52 Å². The van der Waals surface area contributed by atoms with Crippen LogP contribution in [0.15, 0.2) is 36.4 Å². The predicted octanol–water partition coefficient (Wildman–Crippen LogP) is 4.00. The highest BCUT2D eigenvalue weighted by molar-refractivity contribution is 5.90. The van der Waals surface area contributed by atoms with Crippen molar-refractivity contribution in [1.82, 2.24) is 19.9 Å². The number of aromatic nitrogens is 3. The Labute approximate surface area is 188 Å². The molecule has 1 saturated heterocycles. The van der Waals surface area contributed by atoms with Gasteiger partial charge in [0, 0.05) is 37.6 Å². The number of hydrogen-bond donors (Lipinski definition) is 2. The Morgan fingerprint density at radius 3 is 2.62 bits per heavy atom. The lowest BCUT2D eigenvalue weighted by atomic mass is 10.1. The molecule has 0 aliphatic carbocycles. The average Bonchev–Trinajstić information content (AvgIpc) is 2.79. The van der Waals surface area contributed by atoms with Crippen LogP contribution in [-0.4, -0.2) is 52.1 Å². The predicted molar refractivity (Wildman–Crippen MR) is 129 cm³/mol. The molecule has 4 rings (SSSR count). The first kappa shape index (κ1) is 21.8. The van der Waals surface area contributed by atoms with Crippen LogP contribution in [0.1, 0.15) is 37.4 Å². The number of nitrogen functional groups attached to an aromatic ring is 1. The van der Waals surface area contributed by atoms with E-state index in [0.717, 1.165) is 46.6 Å². The summed E-state index contributed by atoms with van der Waals surface area (Å²) in [5.41, 5.74) is 10.5. The van der Waals surface area contributed by atoms with Gasteiger partial charge in [-0.3, -0.25) is 0 Å². The molecule has 3 aromatic rings. The minimum atomic E-state index is -0.0846. The van der Waals surface area contributed by atoms with Crippen molar-refractivity contribution in [2.45, 2.75) is 39.5 Å². The van der Waals surface area contributed by atoms with Crippen LogP contribution in [0.25, 0.3) is 11.0 Å². The van der Waals surface area contributed by atoms with Crippen LogP contribution in [0, 0.1) is 6.92 Å². The number of unbranched alkanes of at least 4 members (excludes halogenated alkanes) is 2. The molecule has 1 aromatic carbocycles. The number of benzene rings is 1. The molecule has 0 unspecified atom stereocenters. The van der Waals surface area contributed by atoms with Gasteiger partial charge >= 0.3 is 6.03 Å². The van der Waals surface area contributed by atoms with E-state index in [4.69, 9.17) is 10.7 Å². The second-order valence-electron chi connectivity index (χ2n) is 8.31. The number of amides is 2. The minimum Gasteiger partial charge on any atom is -0.368 e. The zero-order chi connectivity index (χ0) is 22.5. The van der Waals surface area contributed by atoms with E-state index in [1.54, 1.807) is 0 Å². The number of carbonyl (C=O) groups is 1. The van der Waals surface area contributed by atoms with Gasteiger partial charge in [0.1, 0.15) is 5.52 Å². The van der Waals surface area contributed by atoms with Gasteiger partial charge in [0.2, 0.25) is 5.95 Å². The SMILES string of the molecule is CCCCCc1ccc2nc(N)nc(N3CCN(C(=O)Nc4cccc(C)c4)CC3)c2n1. The summed E-state index contributed by atoms with van der Waals surface area (Å²) in [5.74, 6) is 0.997. The number of pyridine rings is 1. The molecule has 32 heavy (non-hydrogen) atoms. The number of carbonyl (C=O) groups excluding carboxylic acids is 1. The summed E-state index contributed by atoms with van der Waals surface area (Å²) in [6.45, 7) is 6.72. The van der Waals surface area contributed by atoms with E-state index in [0.29, 0.717) is 26.2 Å². The van der Waals surface area contributed by atoms with Crippen molar-refractivity contribution in [3.8, 4) is 0 Å². The number of aryl methyl sites for hydroxylation is 2. The fourth-order valence-electron chi connectivity index (χ4n) is 4.02. The Balaban J connectivity index is 1.46. The molecule has 2 amide bonds. The fraction of sp³-hybridized carbons (Fsp3) is 0.417. The van der Waals surface area contributed by atoms with E-state index >= 15 is 0 Å². The highest BCUT2D eigenvalue weighted by Crippen LogP contribution is 2.25. The maximum Gasteiger partial charge on any atom is 0.321 e. The van der Waals surface area contributed by atoms with Gasteiger partial charge in [-0.25, -0.2) is 14.8 Å². The first-order valence-electron chi connectivity index (χ1n) is 11.3. The summed E-state index contributed by atoms with van der Waals surface area (Å²) in [7, 11) is 0. The minimum absolute atomic E-state index is 0.0846. The lowest BCUT2D eigenvalue weighted by Crippen LogP contribution is -2.50. The number of nitrogens with zero attached hydrogens (tertiary/aromatic N) is 5. The lowest BCUT2D eigenvalue weighted by Gasteiger charge is -2.35. The second kappa shape index (κ2) is 9.80. The molecule has 2 aromatic heterocycles. The number of rotatable bonds is 6. The van der Waals surface area contributed by atoms with Crippen molar-refractivity contribution in [1.29, 1.82) is 0 Å². The quantitative estimate of drug-likeness (QED) is 0.570. The number of nitrogens with two attached hydrogens (primary N) is 1. The molecule has 1 fully saturated rings. The van der Waals surface area contributed by atoms with Crippen molar-refractivity contribution >= 4 is 34.5 Å². The number of urea groups is 1. The largest absolute Gasteiger partial charge is 0.368 e. The molecule has 0 bridgehead atoms. The van der Waals surface area contributed by atoms with E-state index in [1.807, 2.05) is 48.2 Å². The Bertz CT molecular complexity index is 1090. The molecule has 3 N–H and O–H groups in total. The third-order valence-corrected chi connectivity index (χ3v) is 5.77. The van der Waals surface area contributed by atoms with Gasteiger partial charge < -0.3 is 20.9 Å². The normalized spacial score (nSPS) is 14.1. The molecule has 3 heterocycles. The van der Waals surface area contributed by atoms with Gasteiger partial charge in [-0.05, 0) is 49.6 Å². The number of piperazine rings is 1. The highest BCUT2D eigenvalue weighted by atomic mass is 16.2. The number of hydrogen-bond acceptors (Lipinski definition) is 6. The second-order valence-corrected chi connectivity index (χ2v) is 8.31. The van der Waals surface area contributed by atoms with Crippen LogP contribution in [0.3, 0.4) is 0 Å². The van der Waals surface area contributed by atoms with E-state index < -0.39 is 0 Å². The molecular formula is C24H31N7O. The maximum absolute atomic E-state index is 12.7. The van der Waals surface area contributed by atoms with Crippen molar-refractivity contribution < 1.29 is 4.79 Å². The summed E-state index contributed by atoms with van der Waals surface area (Å²) in [5, 5.41) is 2.99. The van der Waals surface area contributed by atoms with Crippen LogP contribution >= 0.6 is 0 Å². The molecular weight excluding hydrogens is 402 g/mol. The Morgan fingerprint density at radius 1 is 1.06 bits per heavy atom. The van der Waals surface area contributed by atoms with Gasteiger partial charge in [0.25, 0.3) is 0 Å². The summed E-state index contributed by atoms with van der Waals surface area (Å²) >= 11 is 0. The summed E-state index contributed by atoms with van der Waals surface area (Å²) in [6, 6.07) is 11.7. The average molecular weight is 434 g/mol. The molecule has 0 spiro atoms. The van der Waals surface area contributed by atoms with Gasteiger partial charge in [0.15, 0.2) is 5.82 Å². The number of nitrogens with one attached hydrogen (secondary N) is 1.